The molecule has 0 aliphatic rings. The Balaban J connectivity index is 1.08. The molecule has 58 heavy (non-hydrogen) atoms. The minimum atomic E-state index is 0.849. The Hall–Kier alpha value is -7.82. The lowest BCUT2D eigenvalue weighted by molar-refractivity contribution is 0.669. The average molecular weight is 743 g/mol. The van der Waals surface area contributed by atoms with Crippen LogP contribution in [0.15, 0.2) is 215 Å². The quantitative estimate of drug-likeness (QED) is 0.159. The lowest BCUT2D eigenvalue weighted by Crippen LogP contribution is -2.13. The lowest BCUT2D eigenvalue weighted by Gasteiger charge is -2.29. The summed E-state index contributed by atoms with van der Waals surface area (Å²) in [6.45, 7) is 0. The van der Waals surface area contributed by atoms with Crippen LogP contribution in [0.5, 0.6) is 0 Å². The first-order chi connectivity index (χ1) is 28.7. The Morgan fingerprint density at radius 2 is 0.724 bits per heavy atom. The summed E-state index contributed by atoms with van der Waals surface area (Å²) in [6.07, 6.45) is 0. The lowest BCUT2D eigenvalue weighted by atomic mass is 9.99. The molecule has 0 atom stereocenters. The van der Waals surface area contributed by atoms with Crippen molar-refractivity contribution in [1.82, 2.24) is 0 Å². The van der Waals surface area contributed by atoms with E-state index in [1.165, 1.54) is 26.9 Å². The zero-order valence-corrected chi connectivity index (χ0v) is 31.3. The van der Waals surface area contributed by atoms with E-state index in [0.717, 1.165) is 83.4 Å². The zero-order valence-electron chi connectivity index (χ0n) is 31.3. The summed E-state index contributed by atoms with van der Waals surface area (Å²) in [5.74, 6) is 0. The van der Waals surface area contributed by atoms with Gasteiger partial charge in [-0.15, -0.1) is 0 Å². The topological polar surface area (TPSA) is 32.8 Å². The predicted molar refractivity (Wildman–Crippen MR) is 243 cm³/mol. The van der Waals surface area contributed by atoms with Gasteiger partial charge >= 0.3 is 0 Å². The Kier molecular flexibility index (Phi) is 7.20. The maximum atomic E-state index is 6.48. The first-order valence-corrected chi connectivity index (χ1v) is 19.7. The molecule has 12 aromatic rings. The molecule has 4 heteroatoms. The number of anilines is 6. The standard InChI is InChI=1S/C54H34N2O2/c1-2-13-39(14-3-1)55(42-25-23-35-11-4-5-12-37(35)29-42)40-15-10-16-41(31-40)56(44-27-28-47-45-17-6-8-19-51(45)58-54(47)33-44)43-26-24-36-21-22-38-30-53-50(34-49(38)48(36)32-43)46-18-7-9-20-52(46)57-53/h1-34H. The molecule has 0 fully saturated rings. The molecule has 0 aliphatic carbocycles. The second-order valence-electron chi connectivity index (χ2n) is 15.0. The average Bonchev–Trinajstić information content (AvgIpc) is 3.84. The smallest absolute Gasteiger partial charge is 0.137 e. The number of para-hydroxylation sites is 3. The molecule has 0 spiro atoms. The number of nitrogens with zero attached hydrogens (tertiary/aromatic N) is 2. The molecular formula is C54H34N2O2. The van der Waals surface area contributed by atoms with Crippen molar-refractivity contribution in [3.63, 3.8) is 0 Å². The van der Waals surface area contributed by atoms with Crippen LogP contribution in [-0.2, 0) is 0 Å². The van der Waals surface area contributed by atoms with Crippen molar-refractivity contribution in [2.75, 3.05) is 9.80 Å². The van der Waals surface area contributed by atoms with E-state index >= 15 is 0 Å². The Labute approximate surface area is 334 Å². The van der Waals surface area contributed by atoms with Crippen molar-refractivity contribution in [2.24, 2.45) is 0 Å². The van der Waals surface area contributed by atoms with Crippen LogP contribution in [0.2, 0.25) is 0 Å². The van der Waals surface area contributed by atoms with Gasteiger partial charge in [0.2, 0.25) is 0 Å². The first kappa shape index (κ1) is 32.4. The molecule has 0 N–H and O–H groups in total. The van der Waals surface area contributed by atoms with Gasteiger partial charge in [0.05, 0.1) is 0 Å². The fourth-order valence-electron chi connectivity index (χ4n) is 8.81. The number of hydrogen-bond donors (Lipinski definition) is 0. The SMILES string of the molecule is c1ccc(N(c2cccc(N(c3ccc4c(c3)oc3ccccc34)c3ccc4ccc5cc6oc7ccccc7c6cc5c4c3)c2)c2ccc3ccccc3c2)cc1. The molecule has 4 nitrogen and oxygen atoms in total. The van der Waals surface area contributed by atoms with E-state index in [0.29, 0.717) is 0 Å². The van der Waals surface area contributed by atoms with Gasteiger partial charge < -0.3 is 18.6 Å². The van der Waals surface area contributed by atoms with Crippen LogP contribution in [0.1, 0.15) is 0 Å². The molecule has 10 aromatic carbocycles. The molecule has 0 saturated heterocycles. The van der Waals surface area contributed by atoms with Gasteiger partial charge in [-0.3, -0.25) is 0 Å². The molecule has 2 heterocycles. The summed E-state index contributed by atoms with van der Waals surface area (Å²) in [6, 6.07) is 73.5. The van der Waals surface area contributed by atoms with Crippen LogP contribution in [-0.4, -0.2) is 0 Å². The van der Waals surface area contributed by atoms with Crippen LogP contribution in [0.3, 0.4) is 0 Å². The van der Waals surface area contributed by atoms with Gasteiger partial charge in [0.1, 0.15) is 22.3 Å². The maximum Gasteiger partial charge on any atom is 0.137 e. The number of fused-ring (bicyclic) bond motifs is 10. The summed E-state index contributed by atoms with van der Waals surface area (Å²) in [5, 5.41) is 11.5. The van der Waals surface area contributed by atoms with E-state index in [4.69, 9.17) is 8.83 Å². The van der Waals surface area contributed by atoms with E-state index in [9.17, 15) is 0 Å². The Morgan fingerprint density at radius 1 is 0.224 bits per heavy atom. The van der Waals surface area contributed by atoms with Crippen molar-refractivity contribution in [3.05, 3.63) is 206 Å². The molecule has 2 aromatic heterocycles. The van der Waals surface area contributed by atoms with Crippen molar-refractivity contribution in [3.8, 4) is 0 Å². The zero-order chi connectivity index (χ0) is 38.2. The van der Waals surface area contributed by atoms with Crippen molar-refractivity contribution >= 4 is 110 Å². The monoisotopic (exact) mass is 742 g/mol. The minimum Gasteiger partial charge on any atom is -0.456 e. The van der Waals surface area contributed by atoms with Crippen LogP contribution < -0.4 is 9.80 Å². The molecule has 0 unspecified atom stereocenters. The molecule has 12 rings (SSSR count). The summed E-state index contributed by atoms with van der Waals surface area (Å²) >= 11 is 0. The molecule has 0 radical (unpaired) electrons. The van der Waals surface area contributed by atoms with Crippen LogP contribution in [0.4, 0.5) is 34.1 Å². The van der Waals surface area contributed by atoms with Crippen molar-refractivity contribution in [2.45, 2.75) is 0 Å². The molecule has 0 aliphatic heterocycles. The second-order valence-corrected chi connectivity index (χ2v) is 15.0. The van der Waals surface area contributed by atoms with Gasteiger partial charge in [-0.25, -0.2) is 0 Å². The first-order valence-electron chi connectivity index (χ1n) is 19.7. The highest BCUT2D eigenvalue weighted by atomic mass is 16.3. The van der Waals surface area contributed by atoms with Crippen LogP contribution >= 0.6 is 0 Å². The third-order valence-electron chi connectivity index (χ3n) is 11.5. The molecule has 0 amide bonds. The molecule has 0 saturated carbocycles. The van der Waals surface area contributed by atoms with Gasteiger partial charge in [-0.2, -0.15) is 0 Å². The summed E-state index contributed by atoms with van der Waals surface area (Å²) in [7, 11) is 0. The molecule has 0 bridgehead atoms. The summed E-state index contributed by atoms with van der Waals surface area (Å²) in [5.41, 5.74) is 9.83. The van der Waals surface area contributed by atoms with Gasteiger partial charge in [-0.05, 0) is 123 Å². The minimum absolute atomic E-state index is 0.849. The van der Waals surface area contributed by atoms with E-state index in [1.807, 2.05) is 24.3 Å². The normalized spacial score (nSPS) is 11.8. The van der Waals surface area contributed by atoms with E-state index in [1.54, 1.807) is 0 Å². The maximum absolute atomic E-state index is 6.48. The third-order valence-corrected chi connectivity index (χ3v) is 11.5. The van der Waals surface area contributed by atoms with Gasteiger partial charge in [0, 0.05) is 61.7 Å². The van der Waals surface area contributed by atoms with Gasteiger partial charge in [-0.1, -0.05) is 109 Å². The fraction of sp³-hybridized carbons (Fsp3) is 0. The Morgan fingerprint density at radius 3 is 1.52 bits per heavy atom. The van der Waals surface area contributed by atoms with E-state index in [-0.39, 0.29) is 0 Å². The highest BCUT2D eigenvalue weighted by Crippen LogP contribution is 2.44. The van der Waals surface area contributed by atoms with Gasteiger partial charge in [0.15, 0.2) is 0 Å². The number of hydrogen-bond acceptors (Lipinski definition) is 4. The molecule has 272 valence electrons. The van der Waals surface area contributed by atoms with Crippen LogP contribution in [0, 0.1) is 0 Å². The van der Waals surface area contributed by atoms with Crippen molar-refractivity contribution < 1.29 is 8.83 Å². The number of rotatable bonds is 6. The Bertz CT molecular complexity index is 3540. The van der Waals surface area contributed by atoms with E-state index < -0.39 is 0 Å². The third kappa shape index (κ3) is 5.23. The summed E-state index contributed by atoms with van der Waals surface area (Å²) < 4.78 is 12.8. The summed E-state index contributed by atoms with van der Waals surface area (Å²) in [4.78, 5) is 4.69. The highest BCUT2D eigenvalue weighted by Gasteiger charge is 2.20. The van der Waals surface area contributed by atoms with Crippen LogP contribution in [0.25, 0.3) is 76.2 Å². The largest absolute Gasteiger partial charge is 0.456 e. The molecular weight excluding hydrogens is 709 g/mol. The number of furan rings is 2. The highest BCUT2D eigenvalue weighted by molar-refractivity contribution is 6.17. The fourth-order valence-corrected chi connectivity index (χ4v) is 8.81. The second kappa shape index (κ2) is 12.9. The number of benzene rings is 10. The van der Waals surface area contributed by atoms with Crippen molar-refractivity contribution in [1.29, 1.82) is 0 Å². The predicted octanol–water partition coefficient (Wildman–Crippen LogP) is 15.9. The van der Waals surface area contributed by atoms with Gasteiger partial charge in [0.25, 0.3) is 0 Å². The van der Waals surface area contributed by atoms with E-state index in [2.05, 4.69) is 192 Å².